The fourth-order valence-electron chi connectivity index (χ4n) is 3.92. The van der Waals surface area contributed by atoms with Crippen molar-refractivity contribution in [3.63, 3.8) is 0 Å². The number of halogens is 1. The lowest BCUT2D eigenvalue weighted by Crippen LogP contribution is -2.61. The van der Waals surface area contributed by atoms with E-state index in [4.69, 9.17) is 0 Å². The Labute approximate surface area is 143 Å². The number of rotatable bonds is 4. The van der Waals surface area contributed by atoms with Gasteiger partial charge in [-0.2, -0.15) is 5.10 Å². The second-order valence-electron chi connectivity index (χ2n) is 8.15. The third-order valence-electron chi connectivity index (χ3n) is 4.51. The molecule has 1 aromatic heterocycles. The Morgan fingerprint density at radius 3 is 2.42 bits per heavy atom. The van der Waals surface area contributed by atoms with Crippen LogP contribution in [0, 0.1) is 5.82 Å². The molecule has 0 unspecified atom stereocenters. The molecule has 0 bridgehead atoms. The van der Waals surface area contributed by atoms with Gasteiger partial charge in [0.1, 0.15) is 5.82 Å². The molecule has 1 saturated heterocycles. The van der Waals surface area contributed by atoms with Gasteiger partial charge >= 0.3 is 0 Å². The molecule has 5 heteroatoms. The molecule has 1 aromatic carbocycles. The third kappa shape index (κ3) is 4.22. The van der Waals surface area contributed by atoms with E-state index in [1.807, 2.05) is 12.4 Å². The molecule has 3 rings (SSSR count). The minimum Gasteiger partial charge on any atom is -0.310 e. The van der Waals surface area contributed by atoms with Crippen molar-refractivity contribution < 1.29 is 4.39 Å². The molecule has 2 N–H and O–H groups in total. The molecular formula is C19H27FN4. The number of nitrogens with one attached hydrogen (secondary N) is 2. The molecule has 0 amide bonds. The van der Waals surface area contributed by atoms with Crippen LogP contribution < -0.4 is 10.6 Å². The van der Waals surface area contributed by atoms with Crippen LogP contribution in [0.3, 0.4) is 0 Å². The van der Waals surface area contributed by atoms with Crippen molar-refractivity contribution >= 4 is 0 Å². The standard InChI is InChI=1S/C19H27FN4/c1-18(2)9-16(10-19(3,4)23-18)21-11-14-12-22-24(13-14)17-7-5-15(20)6-8-17/h5-8,12-13,16,21,23H,9-11H2,1-4H3. The molecular weight excluding hydrogens is 303 g/mol. The highest BCUT2D eigenvalue weighted by molar-refractivity contribution is 5.31. The van der Waals surface area contributed by atoms with E-state index in [0.717, 1.165) is 30.6 Å². The van der Waals surface area contributed by atoms with Crippen molar-refractivity contribution in [3.8, 4) is 5.69 Å². The van der Waals surface area contributed by atoms with Gasteiger partial charge in [-0.05, 0) is 64.8 Å². The van der Waals surface area contributed by atoms with Crippen LogP contribution >= 0.6 is 0 Å². The lowest BCUT2D eigenvalue weighted by Gasteiger charge is -2.46. The maximum absolute atomic E-state index is 13.0. The number of hydrogen-bond acceptors (Lipinski definition) is 3. The molecule has 1 aliphatic rings. The Morgan fingerprint density at radius 1 is 1.17 bits per heavy atom. The molecule has 0 spiro atoms. The number of nitrogens with zero attached hydrogens (tertiary/aromatic N) is 2. The first-order chi connectivity index (χ1) is 11.2. The Morgan fingerprint density at radius 2 is 1.79 bits per heavy atom. The number of aromatic nitrogens is 2. The van der Waals surface area contributed by atoms with Crippen molar-refractivity contribution in [2.75, 3.05) is 0 Å². The Balaban J connectivity index is 1.62. The van der Waals surface area contributed by atoms with Crippen LogP contribution in [0.25, 0.3) is 5.69 Å². The van der Waals surface area contributed by atoms with E-state index in [9.17, 15) is 4.39 Å². The van der Waals surface area contributed by atoms with Crippen LogP contribution in [0.4, 0.5) is 4.39 Å². The summed E-state index contributed by atoms with van der Waals surface area (Å²) in [6.45, 7) is 9.83. The van der Waals surface area contributed by atoms with E-state index in [2.05, 4.69) is 43.4 Å². The van der Waals surface area contributed by atoms with E-state index >= 15 is 0 Å². The van der Waals surface area contributed by atoms with Crippen LogP contribution in [0.2, 0.25) is 0 Å². The van der Waals surface area contributed by atoms with Crippen LogP contribution in [0.1, 0.15) is 46.1 Å². The van der Waals surface area contributed by atoms with E-state index in [0.29, 0.717) is 6.04 Å². The molecule has 0 radical (unpaired) electrons. The van der Waals surface area contributed by atoms with Gasteiger partial charge < -0.3 is 10.6 Å². The van der Waals surface area contributed by atoms with Gasteiger partial charge in [0.25, 0.3) is 0 Å². The van der Waals surface area contributed by atoms with Crippen molar-refractivity contribution in [2.45, 2.75) is 64.2 Å². The summed E-state index contributed by atoms with van der Waals surface area (Å²) in [7, 11) is 0. The summed E-state index contributed by atoms with van der Waals surface area (Å²) in [5.41, 5.74) is 2.27. The Bertz CT molecular complexity index is 672. The Hall–Kier alpha value is -1.72. The molecule has 0 saturated carbocycles. The molecule has 0 aliphatic carbocycles. The highest BCUT2D eigenvalue weighted by Gasteiger charge is 2.37. The summed E-state index contributed by atoms with van der Waals surface area (Å²) < 4.78 is 14.8. The maximum atomic E-state index is 13.0. The summed E-state index contributed by atoms with van der Waals surface area (Å²) >= 11 is 0. The van der Waals surface area contributed by atoms with Gasteiger partial charge in [-0.3, -0.25) is 0 Å². The highest BCUT2D eigenvalue weighted by atomic mass is 19.1. The fraction of sp³-hybridized carbons (Fsp3) is 0.526. The second-order valence-corrected chi connectivity index (χ2v) is 8.15. The number of piperidine rings is 1. The molecule has 24 heavy (non-hydrogen) atoms. The largest absolute Gasteiger partial charge is 0.310 e. The summed E-state index contributed by atoms with van der Waals surface area (Å²) in [5, 5.41) is 11.8. The summed E-state index contributed by atoms with van der Waals surface area (Å²) in [6, 6.07) is 6.85. The SMILES string of the molecule is CC1(C)CC(NCc2cnn(-c3ccc(F)cc3)c2)CC(C)(C)N1. The highest BCUT2D eigenvalue weighted by Crippen LogP contribution is 2.28. The van der Waals surface area contributed by atoms with Crippen LogP contribution in [0.5, 0.6) is 0 Å². The quantitative estimate of drug-likeness (QED) is 0.903. The average molecular weight is 330 g/mol. The van der Waals surface area contributed by atoms with E-state index in [-0.39, 0.29) is 16.9 Å². The van der Waals surface area contributed by atoms with E-state index in [1.54, 1.807) is 16.8 Å². The van der Waals surface area contributed by atoms with Gasteiger partial charge in [0.15, 0.2) is 0 Å². The van der Waals surface area contributed by atoms with Gasteiger partial charge in [-0.15, -0.1) is 0 Å². The molecule has 1 fully saturated rings. The number of hydrogen-bond donors (Lipinski definition) is 2. The normalized spacial score (nSPS) is 20.2. The van der Waals surface area contributed by atoms with Gasteiger partial charge in [0.05, 0.1) is 11.9 Å². The van der Waals surface area contributed by atoms with Gasteiger partial charge in [0.2, 0.25) is 0 Å². The summed E-state index contributed by atoms with van der Waals surface area (Å²) in [4.78, 5) is 0. The van der Waals surface area contributed by atoms with Crippen molar-refractivity contribution in [1.82, 2.24) is 20.4 Å². The predicted octanol–water partition coefficient (Wildman–Crippen LogP) is 3.41. The second kappa shape index (κ2) is 6.30. The van der Waals surface area contributed by atoms with Gasteiger partial charge in [0, 0.05) is 35.4 Å². The average Bonchev–Trinajstić information content (AvgIpc) is 2.91. The Kier molecular flexibility index (Phi) is 4.49. The first kappa shape index (κ1) is 17.1. The summed E-state index contributed by atoms with van der Waals surface area (Å²) in [5.74, 6) is -0.232. The minimum absolute atomic E-state index is 0.137. The first-order valence-electron chi connectivity index (χ1n) is 8.55. The van der Waals surface area contributed by atoms with Crippen LogP contribution in [-0.2, 0) is 6.54 Å². The smallest absolute Gasteiger partial charge is 0.123 e. The topological polar surface area (TPSA) is 41.9 Å². The fourth-order valence-corrected chi connectivity index (χ4v) is 3.92. The zero-order chi connectivity index (χ0) is 17.4. The van der Waals surface area contributed by atoms with Crippen molar-refractivity contribution in [1.29, 1.82) is 0 Å². The molecule has 2 heterocycles. The molecule has 130 valence electrons. The van der Waals surface area contributed by atoms with Crippen LogP contribution in [0.15, 0.2) is 36.7 Å². The summed E-state index contributed by atoms with van der Waals surface area (Å²) in [6.07, 6.45) is 6.07. The van der Waals surface area contributed by atoms with Crippen molar-refractivity contribution in [3.05, 3.63) is 48.0 Å². The molecule has 2 aromatic rings. The van der Waals surface area contributed by atoms with Crippen LogP contribution in [-0.4, -0.2) is 26.9 Å². The lowest BCUT2D eigenvalue weighted by atomic mass is 9.79. The lowest BCUT2D eigenvalue weighted by molar-refractivity contribution is 0.145. The first-order valence-corrected chi connectivity index (χ1v) is 8.55. The molecule has 4 nitrogen and oxygen atoms in total. The zero-order valence-electron chi connectivity index (χ0n) is 14.9. The van der Waals surface area contributed by atoms with Gasteiger partial charge in [-0.1, -0.05) is 0 Å². The predicted molar refractivity (Wildman–Crippen MR) is 94.7 cm³/mol. The number of benzene rings is 1. The third-order valence-corrected chi connectivity index (χ3v) is 4.51. The monoisotopic (exact) mass is 330 g/mol. The minimum atomic E-state index is -0.232. The van der Waals surface area contributed by atoms with E-state index < -0.39 is 0 Å². The molecule has 0 atom stereocenters. The zero-order valence-corrected chi connectivity index (χ0v) is 14.9. The van der Waals surface area contributed by atoms with Crippen molar-refractivity contribution in [2.24, 2.45) is 0 Å². The van der Waals surface area contributed by atoms with E-state index in [1.165, 1.54) is 12.1 Å². The molecule has 1 aliphatic heterocycles. The maximum Gasteiger partial charge on any atom is 0.123 e. The van der Waals surface area contributed by atoms with Gasteiger partial charge in [-0.25, -0.2) is 9.07 Å².